The number of nitrogens with zero attached hydrogens (tertiary/aromatic N) is 4. The van der Waals surface area contributed by atoms with Crippen molar-refractivity contribution in [2.24, 2.45) is 5.92 Å². The topological polar surface area (TPSA) is 85.8 Å². The SMILES string of the molecule is Cc1ccc(-n2c(C)nnc2SCc2nc(C(=O)NCCC(C)C)co2)cc1. The lowest BCUT2D eigenvalue weighted by Gasteiger charge is -2.08. The van der Waals surface area contributed by atoms with Gasteiger partial charge in [0.1, 0.15) is 12.1 Å². The second kappa shape index (κ2) is 9.05. The van der Waals surface area contributed by atoms with Crippen molar-refractivity contribution in [1.82, 2.24) is 25.1 Å². The fourth-order valence-corrected chi connectivity index (χ4v) is 3.45. The number of oxazole rings is 1. The molecular formula is C20H25N5O2S. The van der Waals surface area contributed by atoms with Crippen LogP contribution in [0.3, 0.4) is 0 Å². The van der Waals surface area contributed by atoms with E-state index in [4.69, 9.17) is 4.42 Å². The van der Waals surface area contributed by atoms with Gasteiger partial charge in [-0.25, -0.2) is 4.98 Å². The molecule has 0 saturated carbocycles. The van der Waals surface area contributed by atoms with E-state index < -0.39 is 0 Å². The first-order valence-electron chi connectivity index (χ1n) is 9.28. The molecule has 148 valence electrons. The van der Waals surface area contributed by atoms with E-state index >= 15 is 0 Å². The van der Waals surface area contributed by atoms with Gasteiger partial charge in [0.25, 0.3) is 5.91 Å². The lowest BCUT2D eigenvalue weighted by atomic mass is 10.1. The van der Waals surface area contributed by atoms with Gasteiger partial charge in [-0.15, -0.1) is 10.2 Å². The predicted octanol–water partition coefficient (Wildman–Crippen LogP) is 3.94. The third-order valence-electron chi connectivity index (χ3n) is 4.20. The number of aromatic nitrogens is 4. The molecule has 0 fully saturated rings. The van der Waals surface area contributed by atoms with Crippen LogP contribution in [0.2, 0.25) is 0 Å². The molecule has 1 amide bonds. The molecule has 0 bridgehead atoms. The average Bonchev–Trinajstić information content (AvgIpc) is 3.27. The number of hydrogen-bond donors (Lipinski definition) is 1. The maximum Gasteiger partial charge on any atom is 0.273 e. The van der Waals surface area contributed by atoms with Crippen LogP contribution in [0.25, 0.3) is 5.69 Å². The Hall–Kier alpha value is -2.61. The molecule has 3 rings (SSSR count). The van der Waals surface area contributed by atoms with Crippen molar-refractivity contribution in [3.05, 3.63) is 53.5 Å². The Balaban J connectivity index is 1.63. The monoisotopic (exact) mass is 399 g/mol. The largest absolute Gasteiger partial charge is 0.447 e. The van der Waals surface area contributed by atoms with Crippen LogP contribution < -0.4 is 5.32 Å². The van der Waals surface area contributed by atoms with Gasteiger partial charge in [-0.3, -0.25) is 9.36 Å². The van der Waals surface area contributed by atoms with Crippen LogP contribution in [0.5, 0.6) is 0 Å². The van der Waals surface area contributed by atoms with Gasteiger partial charge in [-0.2, -0.15) is 0 Å². The van der Waals surface area contributed by atoms with Crippen LogP contribution in [0.1, 0.15) is 48.0 Å². The quantitative estimate of drug-likeness (QED) is 0.578. The van der Waals surface area contributed by atoms with Crippen LogP contribution in [0.15, 0.2) is 40.1 Å². The minimum Gasteiger partial charge on any atom is -0.447 e. The van der Waals surface area contributed by atoms with Crippen LogP contribution in [0.4, 0.5) is 0 Å². The number of hydrogen-bond acceptors (Lipinski definition) is 6. The number of amides is 1. The molecule has 0 aliphatic heterocycles. The van der Waals surface area contributed by atoms with E-state index in [1.54, 1.807) is 0 Å². The molecule has 0 aliphatic rings. The number of aryl methyl sites for hydroxylation is 2. The van der Waals surface area contributed by atoms with E-state index in [-0.39, 0.29) is 5.91 Å². The van der Waals surface area contributed by atoms with Gasteiger partial charge < -0.3 is 9.73 Å². The number of nitrogens with one attached hydrogen (secondary N) is 1. The lowest BCUT2D eigenvalue weighted by Crippen LogP contribution is -2.25. The fourth-order valence-electron chi connectivity index (χ4n) is 2.60. The van der Waals surface area contributed by atoms with E-state index in [0.29, 0.717) is 29.8 Å². The van der Waals surface area contributed by atoms with Crippen molar-refractivity contribution in [2.45, 2.75) is 45.0 Å². The molecule has 8 heteroatoms. The first-order valence-corrected chi connectivity index (χ1v) is 10.3. The molecule has 0 atom stereocenters. The minimum atomic E-state index is -0.209. The maximum absolute atomic E-state index is 12.1. The van der Waals surface area contributed by atoms with Gasteiger partial charge in [0.2, 0.25) is 5.89 Å². The predicted molar refractivity (Wildman–Crippen MR) is 109 cm³/mol. The second-order valence-corrected chi connectivity index (χ2v) is 8.00. The van der Waals surface area contributed by atoms with Gasteiger partial charge in [0.15, 0.2) is 10.9 Å². The zero-order chi connectivity index (χ0) is 20.1. The van der Waals surface area contributed by atoms with Gasteiger partial charge in [0.05, 0.1) is 5.75 Å². The Bertz CT molecular complexity index is 930. The Morgan fingerprint density at radius 1 is 1.21 bits per heavy atom. The summed E-state index contributed by atoms with van der Waals surface area (Å²) in [5, 5.41) is 12.1. The summed E-state index contributed by atoms with van der Waals surface area (Å²) in [6.07, 6.45) is 2.33. The molecule has 7 nitrogen and oxygen atoms in total. The number of benzene rings is 1. The van der Waals surface area contributed by atoms with Crippen LogP contribution in [-0.4, -0.2) is 32.2 Å². The minimum absolute atomic E-state index is 0.209. The molecule has 1 N–H and O–H groups in total. The standard InChI is InChI=1S/C20H25N5O2S/c1-13(2)9-10-21-19(26)17-11-27-18(22-17)12-28-20-24-23-15(4)25(20)16-7-5-14(3)6-8-16/h5-8,11,13H,9-10,12H2,1-4H3,(H,21,26). The highest BCUT2D eigenvalue weighted by molar-refractivity contribution is 7.98. The van der Waals surface area contributed by atoms with Crippen LogP contribution in [-0.2, 0) is 5.75 Å². The molecule has 0 aliphatic carbocycles. The van der Waals surface area contributed by atoms with Gasteiger partial charge >= 0.3 is 0 Å². The summed E-state index contributed by atoms with van der Waals surface area (Å²) >= 11 is 1.47. The molecular weight excluding hydrogens is 374 g/mol. The van der Waals surface area contributed by atoms with Crippen molar-refractivity contribution >= 4 is 17.7 Å². The van der Waals surface area contributed by atoms with E-state index in [0.717, 1.165) is 23.1 Å². The molecule has 1 aromatic carbocycles. The Morgan fingerprint density at radius 2 is 1.96 bits per heavy atom. The summed E-state index contributed by atoms with van der Waals surface area (Å²) in [6, 6.07) is 8.20. The Labute approximate surface area is 169 Å². The summed E-state index contributed by atoms with van der Waals surface area (Å²) in [6.45, 7) is 8.84. The molecule has 0 saturated heterocycles. The first kappa shape index (κ1) is 20.1. The summed E-state index contributed by atoms with van der Waals surface area (Å²) in [4.78, 5) is 16.4. The second-order valence-electron chi connectivity index (χ2n) is 7.05. The summed E-state index contributed by atoms with van der Waals surface area (Å²) < 4.78 is 7.45. The van der Waals surface area contributed by atoms with Gasteiger partial charge in [-0.1, -0.05) is 43.3 Å². The van der Waals surface area contributed by atoms with E-state index in [1.807, 2.05) is 23.6 Å². The molecule has 0 spiro atoms. The van der Waals surface area contributed by atoms with Gasteiger partial charge in [-0.05, 0) is 38.3 Å². The summed E-state index contributed by atoms with van der Waals surface area (Å²) in [5.41, 5.74) is 2.51. The lowest BCUT2D eigenvalue weighted by molar-refractivity contribution is 0.0947. The van der Waals surface area contributed by atoms with Crippen molar-refractivity contribution in [2.75, 3.05) is 6.54 Å². The van der Waals surface area contributed by atoms with Crippen molar-refractivity contribution < 1.29 is 9.21 Å². The highest BCUT2D eigenvalue weighted by atomic mass is 32.2. The number of carbonyl (C=O) groups excluding carboxylic acids is 1. The van der Waals surface area contributed by atoms with Crippen molar-refractivity contribution in [1.29, 1.82) is 0 Å². The van der Waals surface area contributed by atoms with Crippen molar-refractivity contribution in [3.63, 3.8) is 0 Å². The normalized spacial score (nSPS) is 11.2. The Kier molecular flexibility index (Phi) is 6.51. The summed E-state index contributed by atoms with van der Waals surface area (Å²) in [7, 11) is 0. The number of carbonyl (C=O) groups is 1. The zero-order valence-corrected chi connectivity index (χ0v) is 17.4. The molecule has 28 heavy (non-hydrogen) atoms. The van der Waals surface area contributed by atoms with Crippen molar-refractivity contribution in [3.8, 4) is 5.69 Å². The molecule has 3 aromatic rings. The highest BCUT2D eigenvalue weighted by Gasteiger charge is 2.15. The Morgan fingerprint density at radius 3 is 2.68 bits per heavy atom. The molecule has 2 heterocycles. The molecule has 2 aromatic heterocycles. The molecule has 0 radical (unpaired) electrons. The number of thioether (sulfide) groups is 1. The molecule has 0 unspecified atom stereocenters. The third kappa shape index (κ3) is 5.01. The smallest absolute Gasteiger partial charge is 0.273 e. The zero-order valence-electron chi connectivity index (χ0n) is 16.6. The summed E-state index contributed by atoms with van der Waals surface area (Å²) in [5.74, 6) is 2.08. The van der Waals surface area contributed by atoms with Crippen LogP contribution >= 0.6 is 11.8 Å². The fraction of sp³-hybridized carbons (Fsp3) is 0.400. The van der Waals surface area contributed by atoms with E-state index in [9.17, 15) is 4.79 Å². The third-order valence-corrected chi connectivity index (χ3v) is 5.12. The van der Waals surface area contributed by atoms with E-state index in [2.05, 4.69) is 53.4 Å². The average molecular weight is 400 g/mol. The first-order chi connectivity index (χ1) is 13.4. The van der Waals surface area contributed by atoms with E-state index in [1.165, 1.54) is 23.6 Å². The van der Waals surface area contributed by atoms with Crippen LogP contribution in [0, 0.1) is 19.8 Å². The highest BCUT2D eigenvalue weighted by Crippen LogP contribution is 2.25. The number of rotatable bonds is 8. The maximum atomic E-state index is 12.1. The van der Waals surface area contributed by atoms with Gasteiger partial charge in [0, 0.05) is 12.2 Å².